The largest absolute Gasteiger partial charge is 0.394 e. The predicted octanol–water partition coefficient (Wildman–Crippen LogP) is -6.08. The van der Waals surface area contributed by atoms with Gasteiger partial charge in [0.1, 0.15) is 60.0 Å². The monoisotopic (exact) mass is 637 g/mol. The number of rotatable bonds is 12. The van der Waals surface area contributed by atoms with Crippen LogP contribution in [0.1, 0.15) is 33.1 Å². The Kier molecular flexibility index (Phi) is 13.2. The maximum atomic E-state index is 11.6. The molecule has 0 aromatic heterocycles. The zero-order valence-corrected chi connectivity index (χ0v) is 25.3. The maximum absolute atomic E-state index is 11.6. The van der Waals surface area contributed by atoms with Gasteiger partial charge in [0, 0.05) is 6.04 Å². The molecular formula is C26H51N7O11. The van der Waals surface area contributed by atoms with Crippen molar-refractivity contribution >= 4 is 11.7 Å². The van der Waals surface area contributed by atoms with Gasteiger partial charge in [-0.15, -0.1) is 0 Å². The second-order valence-corrected chi connectivity index (χ2v) is 12.0. The molecule has 16 N–H and O–H groups in total. The average Bonchev–Trinajstić information content (AvgIpc) is 2.97. The number of ether oxygens (including phenoxy) is 4. The Hall–Kier alpha value is -1.62. The minimum Gasteiger partial charge on any atom is -0.394 e. The topological polar surface area (TPSA) is 319 Å². The molecule has 3 fully saturated rings. The van der Waals surface area contributed by atoms with E-state index in [0.29, 0.717) is 12.8 Å². The fourth-order valence-electron chi connectivity index (χ4n) is 5.61. The van der Waals surface area contributed by atoms with Crippen molar-refractivity contribution < 1.29 is 54.7 Å². The molecule has 15 atom stereocenters. The molecule has 1 aliphatic carbocycles. The van der Waals surface area contributed by atoms with E-state index in [0.717, 1.165) is 0 Å². The highest BCUT2D eigenvalue weighted by molar-refractivity contribution is 5.85. The van der Waals surface area contributed by atoms with Crippen LogP contribution in [0.4, 0.5) is 0 Å². The van der Waals surface area contributed by atoms with Crippen molar-refractivity contribution in [3.63, 3.8) is 0 Å². The van der Waals surface area contributed by atoms with Gasteiger partial charge in [-0.2, -0.15) is 0 Å². The molecule has 0 spiro atoms. The number of nitrogens with one attached hydrogen (secondary N) is 1. The van der Waals surface area contributed by atoms with E-state index in [9.17, 15) is 35.7 Å². The first kappa shape index (κ1) is 36.8. The van der Waals surface area contributed by atoms with Gasteiger partial charge in [0.05, 0.1) is 44.0 Å². The van der Waals surface area contributed by atoms with Gasteiger partial charge in [-0.25, -0.2) is 0 Å². The quantitative estimate of drug-likeness (QED) is 0.0699. The average molecular weight is 638 g/mol. The van der Waals surface area contributed by atoms with Gasteiger partial charge >= 0.3 is 0 Å². The fraction of sp³-hybridized carbons (Fsp3) is 0.923. The zero-order chi connectivity index (χ0) is 32.9. The molecule has 0 amide bonds. The zero-order valence-electron chi connectivity index (χ0n) is 25.3. The highest BCUT2D eigenvalue weighted by atomic mass is 16.7. The third kappa shape index (κ3) is 8.80. The number of aliphatic imine (C=N–C) groups is 2. The van der Waals surface area contributed by atoms with Gasteiger partial charge in [0.2, 0.25) is 0 Å². The predicted molar refractivity (Wildman–Crippen MR) is 156 cm³/mol. The van der Waals surface area contributed by atoms with Crippen molar-refractivity contribution in [1.29, 1.82) is 0 Å². The number of likely N-dealkylation sites (N-methyl/N-ethyl adjacent to an activating group) is 1. The van der Waals surface area contributed by atoms with Crippen molar-refractivity contribution in [2.45, 2.75) is 124 Å². The summed E-state index contributed by atoms with van der Waals surface area (Å²) in [7, 11) is 1.55. The summed E-state index contributed by atoms with van der Waals surface area (Å²) in [5.41, 5.74) is 22.9. The molecular weight excluding hydrogens is 586 g/mol. The molecule has 0 bridgehead atoms. The molecule has 3 unspecified atom stereocenters. The van der Waals surface area contributed by atoms with E-state index >= 15 is 0 Å². The van der Waals surface area contributed by atoms with Crippen LogP contribution >= 0.6 is 0 Å². The Labute approximate surface area is 256 Å². The molecule has 2 saturated heterocycles. The maximum Gasteiger partial charge on any atom is 0.185 e. The van der Waals surface area contributed by atoms with E-state index in [4.69, 9.17) is 41.9 Å². The first-order valence-corrected chi connectivity index (χ1v) is 14.7. The molecule has 256 valence electrons. The lowest BCUT2D eigenvalue weighted by Gasteiger charge is -2.48. The smallest absolute Gasteiger partial charge is 0.185 e. The van der Waals surface area contributed by atoms with Crippen molar-refractivity contribution in [2.24, 2.45) is 32.9 Å². The number of aliphatic hydroxyl groups is 7. The van der Waals surface area contributed by atoms with E-state index < -0.39 is 104 Å². The van der Waals surface area contributed by atoms with Gasteiger partial charge < -0.3 is 82.9 Å². The molecule has 18 heteroatoms. The van der Waals surface area contributed by atoms with Crippen LogP contribution in [0.25, 0.3) is 0 Å². The van der Waals surface area contributed by atoms with E-state index in [2.05, 4.69) is 15.3 Å². The number of amidine groups is 2. The van der Waals surface area contributed by atoms with Crippen LogP contribution in [0.5, 0.6) is 0 Å². The van der Waals surface area contributed by atoms with Gasteiger partial charge in [-0.05, 0) is 40.2 Å². The van der Waals surface area contributed by atoms with Crippen LogP contribution in [0, 0.1) is 0 Å². The molecule has 3 rings (SSSR count). The summed E-state index contributed by atoms with van der Waals surface area (Å²) in [6, 6.07) is -3.35. The summed E-state index contributed by atoms with van der Waals surface area (Å²) in [4.78, 5) is 8.41. The molecule has 1 saturated carbocycles. The van der Waals surface area contributed by atoms with Gasteiger partial charge in [0.25, 0.3) is 0 Å². The van der Waals surface area contributed by atoms with Crippen LogP contribution in [0.3, 0.4) is 0 Å². The second kappa shape index (κ2) is 15.8. The van der Waals surface area contributed by atoms with Crippen molar-refractivity contribution in [3.8, 4) is 0 Å². The number of hydrogen-bond donors (Lipinski definition) is 12. The normalized spacial score (nSPS) is 43.0. The fourth-order valence-corrected chi connectivity index (χ4v) is 5.61. The first-order valence-electron chi connectivity index (χ1n) is 14.7. The molecule has 0 aromatic rings. The van der Waals surface area contributed by atoms with Gasteiger partial charge in [0.15, 0.2) is 12.6 Å². The van der Waals surface area contributed by atoms with Gasteiger partial charge in [-0.1, -0.05) is 0 Å². The SMILES string of the molecule is CN[C@@H]1[C@@H](O)[C@@H](O[C@@H]2[C@@H](O)[C@H](O[C@H]3O[C@H](CN=C(N)C(C)O)CC[C@H]3N)[C@@H](N)C[C@H]2N=C(N)C(O)C(O)CO)OC[C@]1(C)O. The number of aliphatic hydroxyl groups excluding tert-OH is 6. The second-order valence-electron chi connectivity index (χ2n) is 12.0. The summed E-state index contributed by atoms with van der Waals surface area (Å²) in [5.74, 6) is -0.384. The first-order chi connectivity index (χ1) is 20.6. The summed E-state index contributed by atoms with van der Waals surface area (Å²) in [5, 5.41) is 74.9. The molecule has 2 aliphatic heterocycles. The van der Waals surface area contributed by atoms with Gasteiger partial charge in [-0.3, -0.25) is 9.98 Å². The number of nitrogens with two attached hydrogens (primary N) is 4. The van der Waals surface area contributed by atoms with Crippen molar-refractivity contribution in [3.05, 3.63) is 0 Å². The van der Waals surface area contributed by atoms with Crippen LogP contribution in [0.2, 0.25) is 0 Å². The van der Waals surface area contributed by atoms with Crippen molar-refractivity contribution in [2.75, 3.05) is 26.8 Å². The summed E-state index contributed by atoms with van der Waals surface area (Å²) >= 11 is 0. The van der Waals surface area contributed by atoms with Crippen LogP contribution in [-0.4, -0.2) is 165 Å². The molecule has 0 aromatic carbocycles. The molecule has 44 heavy (non-hydrogen) atoms. The van der Waals surface area contributed by atoms with Crippen molar-refractivity contribution in [1.82, 2.24) is 5.32 Å². The van der Waals surface area contributed by atoms with Crippen LogP contribution in [-0.2, 0) is 18.9 Å². The Morgan fingerprint density at radius 1 is 1.02 bits per heavy atom. The summed E-state index contributed by atoms with van der Waals surface area (Å²) in [6.07, 6.45) is -11.3. The number of hydrogen-bond acceptors (Lipinski definition) is 16. The summed E-state index contributed by atoms with van der Waals surface area (Å²) in [6.45, 7) is 2.13. The Bertz CT molecular complexity index is 977. The van der Waals surface area contributed by atoms with Crippen LogP contribution in [0.15, 0.2) is 9.98 Å². The third-order valence-electron chi connectivity index (χ3n) is 8.28. The molecule has 3 aliphatic rings. The molecule has 0 radical (unpaired) electrons. The third-order valence-corrected chi connectivity index (χ3v) is 8.28. The number of nitrogens with zero attached hydrogens (tertiary/aromatic N) is 2. The van der Waals surface area contributed by atoms with Crippen LogP contribution < -0.4 is 28.3 Å². The molecule has 18 nitrogen and oxygen atoms in total. The lowest BCUT2D eigenvalue weighted by Crippen LogP contribution is -2.67. The van der Waals surface area contributed by atoms with E-state index in [-0.39, 0.29) is 25.4 Å². The lowest BCUT2D eigenvalue weighted by atomic mass is 9.83. The van der Waals surface area contributed by atoms with E-state index in [1.807, 2.05) is 0 Å². The Morgan fingerprint density at radius 3 is 2.30 bits per heavy atom. The highest BCUT2D eigenvalue weighted by Crippen LogP contribution is 2.33. The highest BCUT2D eigenvalue weighted by Gasteiger charge is 2.51. The summed E-state index contributed by atoms with van der Waals surface area (Å²) < 4.78 is 23.8. The van der Waals surface area contributed by atoms with E-state index in [1.54, 1.807) is 7.05 Å². The lowest BCUT2D eigenvalue weighted by molar-refractivity contribution is -0.306. The minimum absolute atomic E-state index is 0.00831. The Balaban J connectivity index is 1.84. The standard InChI is InChI=1S/C26H51N7O11/c1-10(35)22(29)32-7-11-4-5-12(27)24(42-11)43-19-13(28)6-14(33-23(30)16(37)15(36)8-34)20(17(19)38)44-25-18(39)21(31-3)26(2,40)9-41-25/h10-21,24-25,31,34-40H,4-9,27-28H2,1-3H3,(H2,29,32)(H2,30,33)/t10?,11-,12+,13-,14+,15?,16?,17-,18+,19+,20-,21+,24+,25+,26-/m0/s1. The minimum atomic E-state index is -1.72. The Morgan fingerprint density at radius 2 is 1.68 bits per heavy atom. The molecule has 2 heterocycles. The van der Waals surface area contributed by atoms with E-state index in [1.165, 1.54) is 13.8 Å².